The number of hydrogen-bond acceptors (Lipinski definition) is 4. The minimum absolute atomic E-state index is 0.0389. The summed E-state index contributed by atoms with van der Waals surface area (Å²) in [6.07, 6.45) is 1.19. The monoisotopic (exact) mass is 265 g/mol. The fraction of sp³-hybridized carbons (Fsp3) is 0.500. The third kappa shape index (κ3) is 5.28. The average Bonchev–Trinajstić information content (AvgIpc) is 2.40. The van der Waals surface area contributed by atoms with Crippen LogP contribution in [0.1, 0.15) is 19.8 Å². The lowest BCUT2D eigenvalue weighted by Crippen LogP contribution is -2.33. The Kier molecular flexibility index (Phi) is 6.32. The molecule has 0 fully saturated rings. The van der Waals surface area contributed by atoms with Gasteiger partial charge in [0.1, 0.15) is 0 Å². The summed E-state index contributed by atoms with van der Waals surface area (Å²) in [7, 11) is 1.94. The molecule has 106 valence electrons. The van der Waals surface area contributed by atoms with Crippen LogP contribution in [0.5, 0.6) is 0 Å². The van der Waals surface area contributed by atoms with Gasteiger partial charge < -0.3 is 21.1 Å². The van der Waals surface area contributed by atoms with E-state index in [0.717, 1.165) is 13.0 Å². The Labute approximate surface area is 114 Å². The van der Waals surface area contributed by atoms with Gasteiger partial charge in [-0.1, -0.05) is 12.1 Å². The largest absolute Gasteiger partial charge is 0.397 e. The maximum atomic E-state index is 11.8. The predicted octanol–water partition coefficient (Wildman–Crippen LogP) is 1.30. The molecule has 1 atom stereocenters. The summed E-state index contributed by atoms with van der Waals surface area (Å²) in [6, 6.07) is 7.33. The molecule has 5 nitrogen and oxygen atoms in total. The summed E-state index contributed by atoms with van der Waals surface area (Å²) in [6.45, 7) is 2.85. The van der Waals surface area contributed by atoms with Gasteiger partial charge in [-0.05, 0) is 39.1 Å². The van der Waals surface area contributed by atoms with Crippen LogP contribution in [0.25, 0.3) is 0 Å². The van der Waals surface area contributed by atoms with Crippen LogP contribution < -0.4 is 11.1 Å². The van der Waals surface area contributed by atoms with Crippen molar-refractivity contribution in [2.75, 3.05) is 31.2 Å². The third-order valence-electron chi connectivity index (χ3n) is 3.17. The highest BCUT2D eigenvalue weighted by Crippen LogP contribution is 2.16. The van der Waals surface area contributed by atoms with Crippen molar-refractivity contribution in [2.45, 2.75) is 25.8 Å². The van der Waals surface area contributed by atoms with Crippen molar-refractivity contribution in [3.05, 3.63) is 24.3 Å². The molecule has 4 N–H and O–H groups in total. The summed E-state index contributed by atoms with van der Waals surface area (Å²) in [5.74, 6) is -0.0389. The van der Waals surface area contributed by atoms with Crippen LogP contribution >= 0.6 is 0 Å². The number of rotatable bonds is 7. The Morgan fingerprint density at radius 2 is 2.16 bits per heavy atom. The Morgan fingerprint density at radius 3 is 2.79 bits per heavy atom. The number of amides is 1. The van der Waals surface area contributed by atoms with Gasteiger partial charge in [-0.25, -0.2) is 0 Å². The summed E-state index contributed by atoms with van der Waals surface area (Å²) in [5.41, 5.74) is 6.98. The second-order valence-electron chi connectivity index (χ2n) is 4.75. The molecule has 0 saturated carbocycles. The van der Waals surface area contributed by atoms with Crippen molar-refractivity contribution in [3.63, 3.8) is 0 Å². The number of nitrogens with zero attached hydrogens (tertiary/aromatic N) is 1. The average molecular weight is 265 g/mol. The molecule has 1 rings (SSSR count). The zero-order valence-electron chi connectivity index (χ0n) is 11.6. The Hall–Kier alpha value is -1.59. The summed E-state index contributed by atoms with van der Waals surface area (Å²) < 4.78 is 0. The van der Waals surface area contributed by atoms with E-state index in [1.54, 1.807) is 12.1 Å². The van der Waals surface area contributed by atoms with Crippen LogP contribution in [0.3, 0.4) is 0 Å². The van der Waals surface area contributed by atoms with E-state index in [0.29, 0.717) is 17.8 Å². The number of benzene rings is 1. The van der Waals surface area contributed by atoms with Crippen molar-refractivity contribution < 1.29 is 9.90 Å². The molecular weight excluding hydrogens is 242 g/mol. The zero-order chi connectivity index (χ0) is 14.3. The van der Waals surface area contributed by atoms with Crippen molar-refractivity contribution in [2.24, 2.45) is 0 Å². The SMILES string of the molecule is CC(CO)N(C)CCCC(=O)Nc1ccccc1N. The number of hydrogen-bond donors (Lipinski definition) is 3. The molecule has 0 aliphatic carbocycles. The number of carbonyl (C=O) groups is 1. The smallest absolute Gasteiger partial charge is 0.224 e. The molecule has 0 aromatic heterocycles. The first-order valence-corrected chi connectivity index (χ1v) is 6.50. The number of aliphatic hydroxyl groups is 1. The highest BCUT2D eigenvalue weighted by Gasteiger charge is 2.09. The first-order chi connectivity index (χ1) is 9.04. The van der Waals surface area contributed by atoms with Gasteiger partial charge in [0.05, 0.1) is 18.0 Å². The fourth-order valence-corrected chi connectivity index (χ4v) is 1.67. The van der Waals surface area contributed by atoms with Crippen molar-refractivity contribution in [1.29, 1.82) is 0 Å². The maximum absolute atomic E-state index is 11.8. The maximum Gasteiger partial charge on any atom is 0.224 e. The topological polar surface area (TPSA) is 78.6 Å². The lowest BCUT2D eigenvalue weighted by atomic mass is 10.2. The fourth-order valence-electron chi connectivity index (χ4n) is 1.67. The molecule has 1 unspecified atom stereocenters. The molecule has 0 spiro atoms. The van der Waals surface area contributed by atoms with Crippen molar-refractivity contribution in [3.8, 4) is 0 Å². The third-order valence-corrected chi connectivity index (χ3v) is 3.17. The van der Waals surface area contributed by atoms with Gasteiger partial charge in [-0.3, -0.25) is 4.79 Å². The van der Waals surface area contributed by atoms with Gasteiger partial charge in [-0.15, -0.1) is 0 Å². The van der Waals surface area contributed by atoms with E-state index >= 15 is 0 Å². The van der Waals surface area contributed by atoms with E-state index in [-0.39, 0.29) is 18.6 Å². The normalized spacial score (nSPS) is 12.4. The lowest BCUT2D eigenvalue weighted by Gasteiger charge is -2.22. The summed E-state index contributed by atoms with van der Waals surface area (Å²) >= 11 is 0. The van der Waals surface area contributed by atoms with Crippen LogP contribution in [-0.2, 0) is 4.79 Å². The van der Waals surface area contributed by atoms with E-state index in [9.17, 15) is 4.79 Å². The molecule has 0 aliphatic rings. The number of likely N-dealkylation sites (N-methyl/N-ethyl adjacent to an activating group) is 1. The van der Waals surface area contributed by atoms with Gasteiger partial charge in [0.25, 0.3) is 0 Å². The molecule has 19 heavy (non-hydrogen) atoms. The highest BCUT2D eigenvalue weighted by atomic mass is 16.3. The second-order valence-corrected chi connectivity index (χ2v) is 4.75. The molecule has 0 aliphatic heterocycles. The van der Waals surface area contributed by atoms with Crippen LogP contribution in [0.2, 0.25) is 0 Å². The number of nitrogens with two attached hydrogens (primary N) is 1. The lowest BCUT2D eigenvalue weighted by molar-refractivity contribution is -0.116. The molecule has 0 saturated heterocycles. The van der Waals surface area contributed by atoms with E-state index in [4.69, 9.17) is 10.8 Å². The first kappa shape index (κ1) is 15.5. The first-order valence-electron chi connectivity index (χ1n) is 6.50. The predicted molar refractivity (Wildman–Crippen MR) is 77.9 cm³/mol. The van der Waals surface area contributed by atoms with E-state index in [2.05, 4.69) is 5.32 Å². The van der Waals surface area contributed by atoms with E-state index in [1.807, 2.05) is 31.0 Å². The highest BCUT2D eigenvalue weighted by molar-refractivity contribution is 5.93. The molecule has 5 heteroatoms. The van der Waals surface area contributed by atoms with Crippen LogP contribution in [0, 0.1) is 0 Å². The molecule has 1 aromatic carbocycles. The van der Waals surface area contributed by atoms with Gasteiger partial charge in [0, 0.05) is 12.5 Å². The van der Waals surface area contributed by atoms with Gasteiger partial charge >= 0.3 is 0 Å². The summed E-state index contributed by atoms with van der Waals surface area (Å²) in [4.78, 5) is 13.8. The number of aliphatic hydroxyl groups excluding tert-OH is 1. The Bertz CT molecular complexity index is 409. The van der Waals surface area contributed by atoms with Crippen molar-refractivity contribution in [1.82, 2.24) is 4.90 Å². The Morgan fingerprint density at radius 1 is 1.47 bits per heavy atom. The zero-order valence-corrected chi connectivity index (χ0v) is 11.6. The number of anilines is 2. The molecule has 1 aromatic rings. The van der Waals surface area contributed by atoms with Gasteiger partial charge in [0.15, 0.2) is 0 Å². The van der Waals surface area contributed by atoms with E-state index < -0.39 is 0 Å². The number of nitrogens with one attached hydrogen (secondary N) is 1. The van der Waals surface area contributed by atoms with Crippen LogP contribution in [0.4, 0.5) is 11.4 Å². The van der Waals surface area contributed by atoms with E-state index in [1.165, 1.54) is 0 Å². The molecule has 0 bridgehead atoms. The standard InChI is InChI=1S/C14H23N3O2/c1-11(10-18)17(2)9-5-8-14(19)16-13-7-4-3-6-12(13)15/h3-4,6-7,11,18H,5,8-10,15H2,1-2H3,(H,16,19). The quantitative estimate of drug-likeness (QED) is 0.649. The van der Waals surface area contributed by atoms with Gasteiger partial charge in [-0.2, -0.15) is 0 Å². The molecule has 0 radical (unpaired) electrons. The van der Waals surface area contributed by atoms with Gasteiger partial charge in [0.2, 0.25) is 5.91 Å². The summed E-state index contributed by atoms with van der Waals surface area (Å²) in [5, 5.41) is 11.8. The minimum Gasteiger partial charge on any atom is -0.397 e. The number of nitrogen functional groups attached to an aromatic ring is 1. The van der Waals surface area contributed by atoms with Crippen molar-refractivity contribution >= 4 is 17.3 Å². The molecule has 1 amide bonds. The molecule has 0 heterocycles. The minimum atomic E-state index is -0.0389. The second kappa shape index (κ2) is 7.76. The number of para-hydroxylation sites is 2. The van der Waals surface area contributed by atoms with Crippen LogP contribution in [-0.4, -0.2) is 42.2 Å². The Balaban J connectivity index is 2.31. The number of carbonyl (C=O) groups excluding carboxylic acids is 1. The van der Waals surface area contributed by atoms with Crippen LogP contribution in [0.15, 0.2) is 24.3 Å². The molecular formula is C14H23N3O2.